The van der Waals surface area contributed by atoms with Crippen LogP contribution in [-0.2, 0) is 9.53 Å². The number of anilines is 1. The molecule has 0 unspecified atom stereocenters. The lowest BCUT2D eigenvalue weighted by Crippen LogP contribution is -2.49. The molecule has 0 atom stereocenters. The second-order valence-electron chi connectivity index (χ2n) is 8.92. The Hall–Kier alpha value is -3.72. The molecule has 36 heavy (non-hydrogen) atoms. The molecule has 3 amide bonds. The van der Waals surface area contributed by atoms with Gasteiger partial charge >= 0.3 is 6.03 Å². The van der Waals surface area contributed by atoms with Crippen molar-refractivity contribution in [3.63, 3.8) is 0 Å². The Kier molecular flexibility index (Phi) is 8.67. The van der Waals surface area contributed by atoms with E-state index in [1.165, 1.54) is 23.5 Å². The third-order valence-corrected chi connectivity index (χ3v) is 6.24. The van der Waals surface area contributed by atoms with Gasteiger partial charge in [0, 0.05) is 31.3 Å². The van der Waals surface area contributed by atoms with E-state index in [4.69, 9.17) is 4.74 Å². The first-order valence-corrected chi connectivity index (χ1v) is 12.3. The zero-order valence-electron chi connectivity index (χ0n) is 20.5. The fourth-order valence-corrected chi connectivity index (χ4v) is 4.32. The molecule has 1 heterocycles. The summed E-state index contributed by atoms with van der Waals surface area (Å²) >= 11 is 0. The van der Waals surface area contributed by atoms with Crippen LogP contribution in [-0.4, -0.2) is 59.5 Å². The number of nitrogens with zero attached hydrogens (tertiary/aromatic N) is 3. The van der Waals surface area contributed by atoms with E-state index in [0.29, 0.717) is 23.8 Å². The van der Waals surface area contributed by atoms with Crippen molar-refractivity contribution < 1.29 is 18.7 Å². The molecule has 2 aromatic carbocycles. The van der Waals surface area contributed by atoms with Crippen molar-refractivity contribution in [2.75, 3.05) is 32.1 Å². The number of ether oxygens (including phenoxy) is 1. The van der Waals surface area contributed by atoms with Gasteiger partial charge in [-0.05, 0) is 37.1 Å². The summed E-state index contributed by atoms with van der Waals surface area (Å²) in [5, 5.41) is 10.6. The number of carbonyl (C=O) groups is 2. The predicted octanol–water partition coefficient (Wildman–Crippen LogP) is 4.61. The summed E-state index contributed by atoms with van der Waals surface area (Å²) in [6.07, 6.45) is 5.29. The van der Waals surface area contributed by atoms with E-state index in [-0.39, 0.29) is 36.9 Å². The normalized spacial score (nSPS) is 13.8. The van der Waals surface area contributed by atoms with Crippen LogP contribution in [0.4, 0.5) is 15.0 Å². The number of nitrogens with one attached hydrogen (secondary N) is 2. The minimum Gasteiger partial charge on any atom is -0.383 e. The van der Waals surface area contributed by atoms with Gasteiger partial charge in [0.15, 0.2) is 0 Å². The fourth-order valence-electron chi connectivity index (χ4n) is 4.32. The summed E-state index contributed by atoms with van der Waals surface area (Å²) in [5.41, 5.74) is 2.13. The number of carbonyl (C=O) groups excluding carboxylic acids is 2. The summed E-state index contributed by atoms with van der Waals surface area (Å²) < 4.78 is 20.2. The molecule has 8 nitrogen and oxygen atoms in total. The largest absolute Gasteiger partial charge is 0.383 e. The van der Waals surface area contributed by atoms with Crippen molar-refractivity contribution in [1.29, 1.82) is 0 Å². The molecule has 0 saturated heterocycles. The standard InChI is InChI=1S/C27H32FN5O3/c1-36-17-16-32(27(35)29-22-10-6-3-7-11-22)19-26(34)30-25-18-24(20-8-4-2-5-9-20)31-33(25)23-14-12-21(28)13-15-23/h2,4-5,8-9,12-15,18,22H,3,6-7,10-11,16-17,19H2,1H3,(H,29,35)(H,30,34). The maximum atomic E-state index is 13.5. The Morgan fingerprint density at radius 2 is 1.81 bits per heavy atom. The minimum absolute atomic E-state index is 0.132. The number of benzene rings is 2. The third kappa shape index (κ3) is 6.69. The molecule has 1 fully saturated rings. The smallest absolute Gasteiger partial charge is 0.318 e. The lowest BCUT2D eigenvalue weighted by Gasteiger charge is -2.28. The van der Waals surface area contributed by atoms with Gasteiger partial charge < -0.3 is 20.3 Å². The highest BCUT2D eigenvalue weighted by Gasteiger charge is 2.23. The molecule has 1 aromatic heterocycles. The summed E-state index contributed by atoms with van der Waals surface area (Å²) in [6, 6.07) is 17.1. The highest BCUT2D eigenvalue weighted by atomic mass is 19.1. The quantitative estimate of drug-likeness (QED) is 0.456. The monoisotopic (exact) mass is 493 g/mol. The highest BCUT2D eigenvalue weighted by molar-refractivity contribution is 5.94. The maximum Gasteiger partial charge on any atom is 0.318 e. The van der Waals surface area contributed by atoms with Crippen LogP contribution in [0, 0.1) is 5.82 Å². The summed E-state index contributed by atoms with van der Waals surface area (Å²) in [5.74, 6) is -0.310. The number of methoxy groups -OCH3 is 1. The number of urea groups is 1. The maximum absolute atomic E-state index is 13.5. The molecule has 9 heteroatoms. The molecule has 0 radical (unpaired) electrons. The average molecular weight is 494 g/mol. The van der Waals surface area contributed by atoms with Gasteiger partial charge in [-0.2, -0.15) is 5.10 Å². The molecule has 1 aliphatic rings. The first kappa shape index (κ1) is 25.4. The number of rotatable bonds is 9. The fraction of sp³-hybridized carbons (Fsp3) is 0.370. The van der Waals surface area contributed by atoms with Gasteiger partial charge in [-0.1, -0.05) is 49.6 Å². The van der Waals surface area contributed by atoms with Crippen molar-refractivity contribution >= 4 is 17.8 Å². The van der Waals surface area contributed by atoms with E-state index in [0.717, 1.165) is 31.2 Å². The Labute approximate surface area is 210 Å². The van der Waals surface area contributed by atoms with Gasteiger partial charge in [0.25, 0.3) is 0 Å². The molecule has 2 N–H and O–H groups in total. The van der Waals surface area contributed by atoms with Crippen LogP contribution in [0.1, 0.15) is 32.1 Å². The van der Waals surface area contributed by atoms with Crippen molar-refractivity contribution in [1.82, 2.24) is 20.0 Å². The second kappa shape index (κ2) is 12.3. The number of hydrogen-bond donors (Lipinski definition) is 2. The number of hydrogen-bond acceptors (Lipinski definition) is 4. The molecule has 3 aromatic rings. The lowest BCUT2D eigenvalue weighted by atomic mass is 9.96. The molecular weight excluding hydrogens is 461 g/mol. The van der Waals surface area contributed by atoms with E-state index >= 15 is 0 Å². The molecule has 4 rings (SSSR count). The van der Waals surface area contributed by atoms with E-state index < -0.39 is 0 Å². The second-order valence-corrected chi connectivity index (χ2v) is 8.92. The Balaban J connectivity index is 1.52. The molecular formula is C27H32FN5O3. The van der Waals surface area contributed by atoms with E-state index in [1.54, 1.807) is 30.0 Å². The van der Waals surface area contributed by atoms with Gasteiger partial charge in [0.05, 0.1) is 18.0 Å². The third-order valence-electron chi connectivity index (χ3n) is 6.24. The lowest BCUT2D eigenvalue weighted by molar-refractivity contribution is -0.116. The molecule has 0 aliphatic heterocycles. The number of halogens is 1. The van der Waals surface area contributed by atoms with Crippen molar-refractivity contribution in [2.24, 2.45) is 0 Å². The van der Waals surface area contributed by atoms with E-state index in [1.807, 2.05) is 30.3 Å². The van der Waals surface area contributed by atoms with Crippen LogP contribution < -0.4 is 10.6 Å². The van der Waals surface area contributed by atoms with Gasteiger partial charge in [-0.3, -0.25) is 4.79 Å². The van der Waals surface area contributed by atoms with Crippen LogP contribution >= 0.6 is 0 Å². The van der Waals surface area contributed by atoms with Gasteiger partial charge in [0.2, 0.25) is 5.91 Å². The Bertz CT molecular complexity index is 1140. The summed E-state index contributed by atoms with van der Waals surface area (Å²) in [4.78, 5) is 27.5. The summed E-state index contributed by atoms with van der Waals surface area (Å²) in [7, 11) is 1.56. The zero-order valence-corrected chi connectivity index (χ0v) is 20.5. The van der Waals surface area contributed by atoms with E-state index in [2.05, 4.69) is 15.7 Å². The highest BCUT2D eigenvalue weighted by Crippen LogP contribution is 2.25. The minimum atomic E-state index is -0.368. The van der Waals surface area contributed by atoms with Crippen molar-refractivity contribution in [3.8, 4) is 16.9 Å². The van der Waals surface area contributed by atoms with Crippen LogP contribution in [0.25, 0.3) is 16.9 Å². The molecule has 0 bridgehead atoms. The van der Waals surface area contributed by atoms with Gasteiger partial charge in [-0.25, -0.2) is 13.9 Å². The zero-order chi connectivity index (χ0) is 25.3. The van der Waals surface area contributed by atoms with Gasteiger partial charge in [0.1, 0.15) is 18.2 Å². The Morgan fingerprint density at radius 3 is 2.50 bits per heavy atom. The molecule has 0 spiro atoms. The van der Waals surface area contributed by atoms with Crippen LogP contribution in [0.5, 0.6) is 0 Å². The van der Waals surface area contributed by atoms with Crippen LogP contribution in [0.15, 0.2) is 60.7 Å². The van der Waals surface area contributed by atoms with Crippen molar-refractivity contribution in [3.05, 3.63) is 66.5 Å². The topological polar surface area (TPSA) is 88.5 Å². The van der Waals surface area contributed by atoms with Crippen LogP contribution in [0.3, 0.4) is 0 Å². The summed E-state index contributed by atoms with van der Waals surface area (Å²) in [6.45, 7) is 0.461. The molecule has 190 valence electrons. The SMILES string of the molecule is COCCN(CC(=O)Nc1cc(-c2ccccc2)nn1-c1ccc(F)cc1)C(=O)NC1CCCCC1. The number of aromatic nitrogens is 2. The first-order chi connectivity index (χ1) is 17.5. The predicted molar refractivity (Wildman–Crippen MR) is 136 cm³/mol. The van der Waals surface area contributed by atoms with Crippen molar-refractivity contribution in [2.45, 2.75) is 38.1 Å². The number of amides is 3. The Morgan fingerprint density at radius 1 is 1.08 bits per heavy atom. The van der Waals surface area contributed by atoms with Gasteiger partial charge in [-0.15, -0.1) is 0 Å². The molecule has 1 saturated carbocycles. The van der Waals surface area contributed by atoms with E-state index in [9.17, 15) is 14.0 Å². The van der Waals surface area contributed by atoms with Crippen LogP contribution in [0.2, 0.25) is 0 Å². The average Bonchev–Trinajstić information content (AvgIpc) is 3.31. The first-order valence-electron chi connectivity index (χ1n) is 12.3. The molecule has 1 aliphatic carbocycles.